The number of benzene rings is 2. The number of anilines is 1. The highest BCUT2D eigenvalue weighted by Gasteiger charge is 2.05. The number of ether oxygens (including phenoxy) is 1. The minimum Gasteiger partial charge on any atom is -0.487 e. The molecule has 0 spiro atoms. The Hall–Kier alpha value is -2.99. The number of rotatable bonds is 6. The largest absolute Gasteiger partial charge is 0.487 e. The zero-order valence-corrected chi connectivity index (χ0v) is 15.8. The van der Waals surface area contributed by atoms with Crippen LogP contribution in [-0.2, 0) is 11.4 Å². The molecule has 0 fully saturated rings. The van der Waals surface area contributed by atoms with Gasteiger partial charge in [-0.05, 0) is 55.3 Å². The number of amides is 1. The molecule has 1 heterocycles. The molecule has 0 saturated heterocycles. The minimum atomic E-state index is -0.454. The van der Waals surface area contributed by atoms with E-state index in [0.717, 1.165) is 21.8 Å². The molecule has 0 bridgehead atoms. The second-order valence-corrected chi connectivity index (χ2v) is 7.09. The number of aromatic nitrogens is 1. The molecule has 27 heavy (non-hydrogen) atoms. The first-order chi connectivity index (χ1) is 13.0. The lowest BCUT2D eigenvalue weighted by molar-refractivity contribution is -0.111. The van der Waals surface area contributed by atoms with Crippen molar-refractivity contribution in [1.29, 1.82) is 0 Å². The second kappa shape index (κ2) is 8.60. The van der Waals surface area contributed by atoms with Crippen molar-refractivity contribution in [2.45, 2.75) is 20.5 Å². The summed E-state index contributed by atoms with van der Waals surface area (Å²) in [5.41, 5.74) is 2.65. The maximum atomic E-state index is 13.8. The van der Waals surface area contributed by atoms with Crippen molar-refractivity contribution >= 4 is 29.0 Å². The standard InChI is InChI=1S/C21H19FN2O2S/c1-14-6-8-20(19(22)10-14)24-21(25)9-7-16-4-3-5-18(11-16)26-12-17-13-27-15(2)23-17/h3-11,13H,12H2,1-2H3,(H,24,25)/b9-7+. The van der Waals surface area contributed by atoms with E-state index in [2.05, 4.69) is 10.3 Å². The van der Waals surface area contributed by atoms with Crippen LogP contribution in [-0.4, -0.2) is 10.9 Å². The minimum absolute atomic E-state index is 0.158. The lowest BCUT2D eigenvalue weighted by Crippen LogP contribution is -2.09. The summed E-state index contributed by atoms with van der Waals surface area (Å²) in [6.07, 6.45) is 3.02. The van der Waals surface area contributed by atoms with E-state index in [0.29, 0.717) is 12.4 Å². The van der Waals surface area contributed by atoms with Gasteiger partial charge in [-0.15, -0.1) is 11.3 Å². The van der Waals surface area contributed by atoms with Crippen LogP contribution < -0.4 is 10.1 Å². The third-order valence-corrected chi connectivity index (χ3v) is 4.54. The third kappa shape index (κ3) is 5.49. The summed E-state index contributed by atoms with van der Waals surface area (Å²) >= 11 is 1.58. The molecule has 3 aromatic rings. The first-order valence-electron chi connectivity index (χ1n) is 8.39. The van der Waals surface area contributed by atoms with E-state index >= 15 is 0 Å². The number of carbonyl (C=O) groups is 1. The number of nitrogens with one attached hydrogen (secondary N) is 1. The van der Waals surface area contributed by atoms with Gasteiger partial charge in [-0.3, -0.25) is 4.79 Å². The highest BCUT2D eigenvalue weighted by atomic mass is 32.1. The van der Waals surface area contributed by atoms with Crippen LogP contribution in [0, 0.1) is 19.7 Å². The van der Waals surface area contributed by atoms with Crippen LogP contribution in [0.4, 0.5) is 10.1 Å². The molecule has 1 N–H and O–H groups in total. The van der Waals surface area contributed by atoms with Crippen LogP contribution in [0.2, 0.25) is 0 Å². The highest BCUT2D eigenvalue weighted by molar-refractivity contribution is 7.09. The number of thiazole rings is 1. The van der Waals surface area contributed by atoms with Crippen molar-refractivity contribution < 1.29 is 13.9 Å². The number of aryl methyl sites for hydroxylation is 2. The maximum Gasteiger partial charge on any atom is 0.248 e. The van der Waals surface area contributed by atoms with Gasteiger partial charge < -0.3 is 10.1 Å². The summed E-state index contributed by atoms with van der Waals surface area (Å²) in [6, 6.07) is 12.0. The fourth-order valence-corrected chi connectivity index (χ4v) is 3.00. The Morgan fingerprint density at radius 2 is 2.11 bits per heavy atom. The van der Waals surface area contributed by atoms with Gasteiger partial charge in [0, 0.05) is 11.5 Å². The lowest BCUT2D eigenvalue weighted by Gasteiger charge is -2.06. The topological polar surface area (TPSA) is 51.2 Å². The van der Waals surface area contributed by atoms with Crippen molar-refractivity contribution in [1.82, 2.24) is 4.98 Å². The molecule has 3 rings (SSSR count). The average molecular weight is 382 g/mol. The molecule has 1 amide bonds. The molecule has 138 valence electrons. The molecule has 4 nitrogen and oxygen atoms in total. The van der Waals surface area contributed by atoms with E-state index in [-0.39, 0.29) is 5.69 Å². The molecule has 0 unspecified atom stereocenters. The van der Waals surface area contributed by atoms with Crippen LogP contribution in [0.5, 0.6) is 5.75 Å². The van der Waals surface area contributed by atoms with Crippen molar-refractivity contribution in [3.63, 3.8) is 0 Å². The van der Waals surface area contributed by atoms with E-state index in [1.54, 1.807) is 36.5 Å². The summed E-state index contributed by atoms with van der Waals surface area (Å²) in [5, 5.41) is 5.50. The van der Waals surface area contributed by atoms with E-state index in [4.69, 9.17) is 4.74 Å². The Kier molecular flexibility index (Phi) is 5.98. The van der Waals surface area contributed by atoms with Gasteiger partial charge in [-0.2, -0.15) is 0 Å². The summed E-state index contributed by atoms with van der Waals surface area (Å²) in [6.45, 7) is 4.14. The number of hydrogen-bond acceptors (Lipinski definition) is 4. The fourth-order valence-electron chi connectivity index (χ4n) is 2.41. The van der Waals surface area contributed by atoms with Gasteiger partial charge in [0.1, 0.15) is 18.2 Å². The normalized spacial score (nSPS) is 10.9. The van der Waals surface area contributed by atoms with E-state index in [1.807, 2.05) is 36.6 Å². The zero-order valence-electron chi connectivity index (χ0n) is 15.0. The Bertz CT molecular complexity index is 982. The first-order valence-corrected chi connectivity index (χ1v) is 9.26. The van der Waals surface area contributed by atoms with Crippen LogP contribution in [0.1, 0.15) is 21.8 Å². The van der Waals surface area contributed by atoms with Crippen LogP contribution in [0.3, 0.4) is 0 Å². The number of halogens is 1. The highest BCUT2D eigenvalue weighted by Crippen LogP contribution is 2.18. The molecular weight excluding hydrogens is 363 g/mol. The van der Waals surface area contributed by atoms with Crippen molar-refractivity contribution in [3.05, 3.63) is 81.6 Å². The predicted molar refractivity (Wildman–Crippen MR) is 106 cm³/mol. The molecule has 1 aromatic heterocycles. The van der Waals surface area contributed by atoms with Crippen LogP contribution in [0.25, 0.3) is 6.08 Å². The number of nitrogens with zero attached hydrogens (tertiary/aromatic N) is 1. The molecule has 0 radical (unpaired) electrons. The molecule has 0 aliphatic rings. The second-order valence-electron chi connectivity index (χ2n) is 6.02. The molecule has 0 atom stereocenters. The van der Waals surface area contributed by atoms with Crippen LogP contribution in [0.15, 0.2) is 53.9 Å². The lowest BCUT2D eigenvalue weighted by atomic mass is 10.2. The van der Waals surface area contributed by atoms with Gasteiger partial charge in [-0.25, -0.2) is 9.37 Å². The summed E-state index contributed by atoms with van der Waals surface area (Å²) in [4.78, 5) is 16.4. The summed E-state index contributed by atoms with van der Waals surface area (Å²) in [5.74, 6) is -0.167. The van der Waals surface area contributed by atoms with E-state index < -0.39 is 11.7 Å². The smallest absolute Gasteiger partial charge is 0.248 e. The predicted octanol–water partition coefficient (Wildman–Crippen LogP) is 5.13. The van der Waals surface area contributed by atoms with Crippen molar-refractivity contribution in [3.8, 4) is 5.75 Å². The molecule has 6 heteroatoms. The summed E-state index contributed by atoms with van der Waals surface area (Å²) < 4.78 is 19.5. The first kappa shape index (κ1) is 18.8. The molecular formula is C21H19FN2O2S. The maximum absolute atomic E-state index is 13.8. The molecule has 2 aromatic carbocycles. The van der Waals surface area contributed by atoms with Crippen LogP contribution >= 0.6 is 11.3 Å². The molecule has 0 saturated carbocycles. The van der Waals surface area contributed by atoms with Gasteiger partial charge in [0.2, 0.25) is 5.91 Å². The van der Waals surface area contributed by atoms with Gasteiger partial charge >= 0.3 is 0 Å². The molecule has 0 aliphatic carbocycles. The van der Waals surface area contributed by atoms with E-state index in [9.17, 15) is 9.18 Å². The Balaban J connectivity index is 1.60. The van der Waals surface area contributed by atoms with Crippen molar-refractivity contribution in [2.75, 3.05) is 5.32 Å². The van der Waals surface area contributed by atoms with Gasteiger partial charge in [-0.1, -0.05) is 18.2 Å². The average Bonchev–Trinajstić information content (AvgIpc) is 3.06. The molecule has 0 aliphatic heterocycles. The Morgan fingerprint density at radius 3 is 2.85 bits per heavy atom. The zero-order chi connectivity index (χ0) is 19.2. The number of carbonyl (C=O) groups excluding carboxylic acids is 1. The van der Waals surface area contributed by atoms with E-state index in [1.165, 1.54) is 12.1 Å². The SMILES string of the molecule is Cc1ccc(NC(=O)/C=C/c2cccc(OCc3csc(C)n3)c2)c(F)c1. The van der Waals surface area contributed by atoms with Gasteiger partial charge in [0.05, 0.1) is 16.4 Å². The number of hydrogen-bond donors (Lipinski definition) is 1. The Labute approximate surface area is 161 Å². The quantitative estimate of drug-likeness (QED) is 0.601. The van der Waals surface area contributed by atoms with Gasteiger partial charge in [0.15, 0.2) is 0 Å². The van der Waals surface area contributed by atoms with Gasteiger partial charge in [0.25, 0.3) is 0 Å². The monoisotopic (exact) mass is 382 g/mol. The Morgan fingerprint density at radius 1 is 1.26 bits per heavy atom. The summed E-state index contributed by atoms with van der Waals surface area (Å²) in [7, 11) is 0. The third-order valence-electron chi connectivity index (χ3n) is 3.72. The van der Waals surface area contributed by atoms with Crippen molar-refractivity contribution in [2.24, 2.45) is 0 Å². The fraction of sp³-hybridized carbons (Fsp3) is 0.143.